The monoisotopic (exact) mass is 202 g/mol. The number of hydrogen-bond donors (Lipinski definition) is 0. The minimum absolute atomic E-state index is 0.219. The van der Waals surface area contributed by atoms with Crippen LogP contribution in [0.1, 0.15) is 47.0 Å². The molecule has 0 heterocycles. The third kappa shape index (κ3) is 4.37. The average Bonchev–Trinajstić information content (AvgIpc) is 2.18. The molecule has 0 aromatic heterocycles. The van der Waals surface area contributed by atoms with Crippen LogP contribution in [0.2, 0.25) is 0 Å². The molecule has 0 spiro atoms. The zero-order valence-corrected chi connectivity index (χ0v) is 10.1. The normalized spacial score (nSPS) is 12.9. The summed E-state index contributed by atoms with van der Waals surface area (Å²) in [7, 11) is 1.86. The van der Waals surface area contributed by atoms with E-state index in [4.69, 9.17) is 10.7 Å². The summed E-state index contributed by atoms with van der Waals surface area (Å²) in [4.78, 5) is 5.58. The maximum atomic E-state index is 7.68. The van der Waals surface area contributed by atoms with Crippen LogP contribution in [0.5, 0.6) is 0 Å². The van der Waals surface area contributed by atoms with E-state index in [1.54, 1.807) is 5.01 Å². The summed E-state index contributed by atoms with van der Waals surface area (Å²) in [6.07, 6.45) is 2.85. The summed E-state index contributed by atoms with van der Waals surface area (Å²) >= 11 is 0. The molecule has 0 aromatic carbocycles. The highest BCUT2D eigenvalue weighted by Crippen LogP contribution is 2.21. The lowest BCUT2D eigenvalue weighted by Crippen LogP contribution is -2.42. The van der Waals surface area contributed by atoms with Crippen LogP contribution in [-0.2, 0) is 4.84 Å². The molecule has 86 valence electrons. The molecule has 0 fully saturated rings. The van der Waals surface area contributed by atoms with E-state index >= 15 is 0 Å². The van der Waals surface area contributed by atoms with Crippen LogP contribution >= 0.6 is 0 Å². The molecule has 14 heavy (non-hydrogen) atoms. The summed E-state index contributed by atoms with van der Waals surface area (Å²) in [5.74, 6) is 7.68. The van der Waals surface area contributed by atoms with Gasteiger partial charge in [0.05, 0.1) is 5.60 Å². The van der Waals surface area contributed by atoms with Gasteiger partial charge in [-0.05, 0) is 26.2 Å². The van der Waals surface area contributed by atoms with E-state index < -0.39 is 0 Å². The highest BCUT2D eigenvalue weighted by molar-refractivity contribution is 4.69. The molecule has 0 aliphatic rings. The van der Waals surface area contributed by atoms with Crippen molar-refractivity contribution in [2.75, 3.05) is 13.6 Å². The van der Waals surface area contributed by atoms with E-state index in [1.165, 1.54) is 0 Å². The quantitative estimate of drug-likeness (QED) is 0.596. The van der Waals surface area contributed by atoms with Crippen molar-refractivity contribution in [2.45, 2.75) is 52.6 Å². The highest BCUT2D eigenvalue weighted by atomic mass is 16.8. The van der Waals surface area contributed by atoms with E-state index in [2.05, 4.69) is 20.8 Å². The van der Waals surface area contributed by atoms with Crippen molar-refractivity contribution in [3.05, 3.63) is 5.84 Å². The summed E-state index contributed by atoms with van der Waals surface area (Å²) in [6.45, 7) is 9.12. The lowest BCUT2D eigenvalue weighted by molar-refractivity contribution is -0.302. The summed E-state index contributed by atoms with van der Waals surface area (Å²) in [6, 6.07) is 0. The Morgan fingerprint density at radius 2 is 1.71 bits per heavy atom. The second kappa shape index (κ2) is 6.35. The smallest absolute Gasteiger partial charge is 0.0863 e. The predicted octanol–water partition coefficient (Wildman–Crippen LogP) is 3.02. The van der Waals surface area contributed by atoms with Crippen molar-refractivity contribution in [3.63, 3.8) is 0 Å². The third-order valence-corrected chi connectivity index (χ3v) is 2.66. The maximum Gasteiger partial charge on any atom is 0.0863 e. The Bertz CT molecular complexity index is 148. The van der Waals surface area contributed by atoms with Gasteiger partial charge in [-0.25, -0.2) is 10.3 Å². The Kier molecular flexibility index (Phi) is 6.27. The van der Waals surface area contributed by atoms with Crippen molar-refractivity contribution < 1.29 is 4.84 Å². The van der Waals surface area contributed by atoms with Gasteiger partial charge in [0.1, 0.15) is 0 Å². The van der Waals surface area contributed by atoms with E-state index in [9.17, 15) is 0 Å². The molecule has 4 nitrogen and oxygen atoms in total. The number of rotatable bonds is 7. The fourth-order valence-corrected chi connectivity index (χ4v) is 1.07. The Labute approximate surface area is 87.9 Å². The molecule has 0 radical (unpaired) electrons. The van der Waals surface area contributed by atoms with Crippen LogP contribution in [0.25, 0.3) is 5.84 Å². The first-order valence-electron chi connectivity index (χ1n) is 5.40. The lowest BCUT2D eigenvalue weighted by atomic mass is 10.0. The van der Waals surface area contributed by atoms with Gasteiger partial charge in [0.25, 0.3) is 0 Å². The second-order valence-corrected chi connectivity index (χ2v) is 3.90. The molecule has 0 atom stereocenters. The van der Waals surface area contributed by atoms with Gasteiger partial charge >= 0.3 is 0 Å². The Balaban J connectivity index is 4.07. The van der Waals surface area contributed by atoms with Crippen molar-refractivity contribution in [2.24, 2.45) is 0 Å². The Morgan fingerprint density at radius 1 is 1.21 bits per heavy atom. The fraction of sp³-hybridized carbons (Fsp3) is 1.00. The molecule has 0 aromatic rings. The van der Waals surface area contributed by atoms with Crippen LogP contribution in [0.15, 0.2) is 0 Å². The molecule has 0 unspecified atom stereocenters. The molecular weight excluding hydrogens is 178 g/mol. The van der Waals surface area contributed by atoms with Gasteiger partial charge in [-0.3, -0.25) is 4.84 Å². The van der Waals surface area contributed by atoms with Crippen LogP contribution < -0.4 is 0 Å². The first-order chi connectivity index (χ1) is 6.49. The van der Waals surface area contributed by atoms with Crippen LogP contribution in [0.4, 0.5) is 0 Å². The summed E-state index contributed by atoms with van der Waals surface area (Å²) in [5, 5.41) is 2.88. The van der Waals surface area contributed by atoms with E-state index in [0.29, 0.717) is 0 Å². The van der Waals surface area contributed by atoms with Crippen LogP contribution in [0, 0.1) is 0 Å². The third-order valence-electron chi connectivity index (χ3n) is 2.66. The van der Waals surface area contributed by atoms with Crippen LogP contribution in [0.3, 0.4) is 0 Å². The van der Waals surface area contributed by atoms with Gasteiger partial charge in [0.2, 0.25) is 0 Å². The molecule has 0 saturated carbocycles. The summed E-state index contributed by atoms with van der Waals surface area (Å²) in [5.41, 5.74) is -0.219. The SMILES string of the molecule is CCCN(C)N([NH-])OC(C)(CC)CC. The topological polar surface area (TPSA) is 39.5 Å². The first-order valence-corrected chi connectivity index (χ1v) is 5.40. The molecule has 1 N–H and O–H groups in total. The van der Waals surface area contributed by atoms with Gasteiger partial charge in [-0.2, -0.15) is 0 Å². The minimum atomic E-state index is -0.219. The molecule has 0 amide bonds. The van der Waals surface area contributed by atoms with Gasteiger partial charge in [-0.1, -0.05) is 20.8 Å². The second-order valence-electron chi connectivity index (χ2n) is 3.90. The molecule has 0 aliphatic carbocycles. The van der Waals surface area contributed by atoms with Crippen molar-refractivity contribution in [1.29, 1.82) is 0 Å². The number of nitrogens with zero attached hydrogens (tertiary/aromatic N) is 2. The summed E-state index contributed by atoms with van der Waals surface area (Å²) < 4.78 is 0. The Hall–Kier alpha value is -0.160. The predicted molar refractivity (Wildman–Crippen MR) is 59.2 cm³/mol. The fourth-order valence-electron chi connectivity index (χ4n) is 1.07. The van der Waals surface area contributed by atoms with E-state index in [0.717, 1.165) is 31.1 Å². The zero-order chi connectivity index (χ0) is 11.2. The van der Waals surface area contributed by atoms with E-state index in [1.807, 2.05) is 14.0 Å². The highest BCUT2D eigenvalue weighted by Gasteiger charge is 2.22. The average molecular weight is 202 g/mol. The van der Waals surface area contributed by atoms with Crippen molar-refractivity contribution in [3.8, 4) is 0 Å². The van der Waals surface area contributed by atoms with Gasteiger partial charge in [0.15, 0.2) is 0 Å². The van der Waals surface area contributed by atoms with Crippen molar-refractivity contribution >= 4 is 0 Å². The van der Waals surface area contributed by atoms with Crippen LogP contribution in [-0.4, -0.2) is 29.5 Å². The lowest BCUT2D eigenvalue weighted by Gasteiger charge is -2.41. The molecule has 0 aliphatic heterocycles. The van der Waals surface area contributed by atoms with E-state index in [-0.39, 0.29) is 5.60 Å². The molecular formula is C10H24N3O-. The minimum Gasteiger partial charge on any atom is -0.569 e. The maximum absolute atomic E-state index is 7.68. The molecule has 0 saturated heterocycles. The largest absolute Gasteiger partial charge is 0.569 e. The van der Waals surface area contributed by atoms with Crippen molar-refractivity contribution in [1.82, 2.24) is 10.3 Å². The number of nitrogens with one attached hydrogen (secondary N) is 1. The zero-order valence-electron chi connectivity index (χ0n) is 10.1. The van der Waals surface area contributed by atoms with Gasteiger partial charge in [-0.15, -0.1) is 0 Å². The standard InChI is InChI=1S/C10H24N3O/c1-6-9-12(5)13(11)14-10(4,7-2)8-3/h11H,6-9H2,1-5H3/q-1. The molecule has 4 heteroatoms. The number of hydrazine groups is 1. The van der Waals surface area contributed by atoms with Gasteiger partial charge in [0, 0.05) is 13.6 Å². The number of hydrogen-bond acceptors (Lipinski definition) is 3. The first kappa shape index (κ1) is 13.8. The molecule has 0 bridgehead atoms. The Morgan fingerprint density at radius 3 is 2.07 bits per heavy atom. The molecule has 0 rings (SSSR count). The van der Waals surface area contributed by atoms with Gasteiger partial charge < -0.3 is 5.84 Å².